The maximum Gasteiger partial charge on any atom is 0.257 e. The summed E-state index contributed by atoms with van der Waals surface area (Å²) < 4.78 is 34.9. The van der Waals surface area contributed by atoms with Crippen LogP contribution in [0.5, 0.6) is 5.75 Å². The number of benzene rings is 1. The Morgan fingerprint density at radius 2 is 2.18 bits per heavy atom. The van der Waals surface area contributed by atoms with E-state index in [-0.39, 0.29) is 34.9 Å². The third-order valence-corrected chi connectivity index (χ3v) is 5.42. The van der Waals surface area contributed by atoms with Crippen LogP contribution in [0.1, 0.15) is 35.7 Å². The fourth-order valence-electron chi connectivity index (χ4n) is 3.15. The van der Waals surface area contributed by atoms with Gasteiger partial charge in [-0.3, -0.25) is 9.59 Å². The second kappa shape index (κ2) is 8.48. The van der Waals surface area contributed by atoms with Crippen molar-refractivity contribution in [2.45, 2.75) is 31.3 Å². The summed E-state index contributed by atoms with van der Waals surface area (Å²) in [5.74, 6) is -2.64. The Labute approximate surface area is 164 Å². The Morgan fingerprint density at radius 3 is 2.75 bits per heavy atom. The summed E-state index contributed by atoms with van der Waals surface area (Å²) in [4.78, 5) is 25.6. The fraction of sp³-hybridized carbons (Fsp3) is 0.474. The van der Waals surface area contributed by atoms with Crippen LogP contribution in [0.4, 0.5) is 8.78 Å². The number of nitrogens with zero attached hydrogens (tertiary/aromatic N) is 1. The van der Waals surface area contributed by atoms with Crippen LogP contribution in [-0.2, 0) is 0 Å². The number of fused-ring (bicyclic) bond motifs is 1. The minimum atomic E-state index is -1.21. The SMILES string of the molecule is COc1c(F)c(F)cc2c(=O)c(C(=O)NC(CO)CCSC)cn(C3CC3)c12. The molecule has 1 fully saturated rings. The van der Waals surface area contributed by atoms with E-state index in [4.69, 9.17) is 4.74 Å². The van der Waals surface area contributed by atoms with Gasteiger partial charge in [-0.25, -0.2) is 4.39 Å². The maximum absolute atomic E-state index is 14.2. The van der Waals surface area contributed by atoms with Gasteiger partial charge in [0, 0.05) is 12.2 Å². The predicted octanol–water partition coefficient (Wildman–Crippen LogP) is 2.47. The van der Waals surface area contributed by atoms with Gasteiger partial charge in [-0.2, -0.15) is 16.2 Å². The van der Waals surface area contributed by atoms with Crippen LogP contribution in [0.2, 0.25) is 0 Å². The van der Waals surface area contributed by atoms with Crippen LogP contribution >= 0.6 is 11.8 Å². The average molecular weight is 412 g/mol. The van der Waals surface area contributed by atoms with Crippen molar-refractivity contribution < 1.29 is 23.4 Å². The number of aliphatic hydroxyl groups is 1. The van der Waals surface area contributed by atoms with E-state index in [9.17, 15) is 23.5 Å². The molecule has 1 heterocycles. The summed E-state index contributed by atoms with van der Waals surface area (Å²) in [5, 5.41) is 12.0. The highest BCUT2D eigenvalue weighted by Crippen LogP contribution is 2.40. The predicted molar refractivity (Wildman–Crippen MR) is 104 cm³/mol. The van der Waals surface area contributed by atoms with Crippen molar-refractivity contribution in [2.24, 2.45) is 0 Å². The Balaban J connectivity index is 2.12. The van der Waals surface area contributed by atoms with Crippen LogP contribution in [0.3, 0.4) is 0 Å². The van der Waals surface area contributed by atoms with Gasteiger partial charge >= 0.3 is 0 Å². The standard InChI is InChI=1S/C19H22F2N2O4S/c1-27-18-15(21)14(20)7-12-16(18)23(11-3-4-11)8-13(17(12)25)19(26)22-10(9-24)5-6-28-2/h7-8,10-11,24H,3-6,9H2,1-2H3,(H,22,26). The molecule has 1 unspecified atom stereocenters. The number of ether oxygens (including phenoxy) is 1. The molecule has 2 N–H and O–H groups in total. The first-order valence-electron chi connectivity index (χ1n) is 8.94. The van der Waals surface area contributed by atoms with Crippen LogP contribution in [0.15, 0.2) is 17.1 Å². The number of pyridine rings is 1. The zero-order chi connectivity index (χ0) is 20.4. The molecule has 1 aromatic carbocycles. The molecule has 0 radical (unpaired) electrons. The Kier molecular flexibility index (Phi) is 6.24. The van der Waals surface area contributed by atoms with Gasteiger partial charge in [0.15, 0.2) is 11.6 Å². The van der Waals surface area contributed by atoms with Gasteiger partial charge in [-0.1, -0.05) is 0 Å². The molecule has 1 saturated carbocycles. The van der Waals surface area contributed by atoms with Gasteiger partial charge in [-0.15, -0.1) is 0 Å². The highest BCUT2D eigenvalue weighted by atomic mass is 32.2. The third-order valence-electron chi connectivity index (χ3n) is 4.78. The van der Waals surface area contributed by atoms with Crippen molar-refractivity contribution >= 4 is 28.6 Å². The van der Waals surface area contributed by atoms with Gasteiger partial charge in [0.1, 0.15) is 5.56 Å². The monoisotopic (exact) mass is 412 g/mol. The van der Waals surface area contributed by atoms with Gasteiger partial charge in [-0.05, 0) is 37.3 Å². The van der Waals surface area contributed by atoms with E-state index in [1.54, 1.807) is 16.3 Å². The summed E-state index contributed by atoms with van der Waals surface area (Å²) >= 11 is 1.58. The van der Waals surface area contributed by atoms with Gasteiger partial charge in [0.25, 0.3) is 5.91 Å². The quantitative estimate of drug-likeness (QED) is 0.696. The molecular weight excluding hydrogens is 390 g/mol. The Hall–Kier alpha value is -2.13. The van der Waals surface area contributed by atoms with Crippen molar-refractivity contribution in [1.29, 1.82) is 0 Å². The van der Waals surface area contributed by atoms with Crippen molar-refractivity contribution in [1.82, 2.24) is 9.88 Å². The number of rotatable bonds is 8. The van der Waals surface area contributed by atoms with Crippen molar-refractivity contribution in [3.8, 4) is 5.75 Å². The highest BCUT2D eigenvalue weighted by molar-refractivity contribution is 7.98. The lowest BCUT2D eigenvalue weighted by atomic mass is 10.1. The molecule has 1 amide bonds. The van der Waals surface area contributed by atoms with Crippen LogP contribution in [-0.4, -0.2) is 47.3 Å². The molecule has 0 bridgehead atoms. The van der Waals surface area contributed by atoms with Crippen molar-refractivity contribution in [2.75, 3.05) is 25.7 Å². The van der Waals surface area contributed by atoms with Gasteiger partial charge in [0.2, 0.25) is 11.2 Å². The first-order chi connectivity index (χ1) is 13.4. The van der Waals surface area contributed by atoms with E-state index in [0.29, 0.717) is 6.42 Å². The first kappa shape index (κ1) is 20.6. The van der Waals surface area contributed by atoms with Crippen molar-refractivity contribution in [3.05, 3.63) is 39.7 Å². The molecule has 9 heteroatoms. The number of hydrogen-bond donors (Lipinski definition) is 2. The number of thioether (sulfide) groups is 1. The number of hydrogen-bond acceptors (Lipinski definition) is 5. The zero-order valence-electron chi connectivity index (χ0n) is 15.6. The average Bonchev–Trinajstić information content (AvgIpc) is 3.52. The zero-order valence-corrected chi connectivity index (χ0v) is 16.4. The second-order valence-corrected chi connectivity index (χ2v) is 7.73. The van der Waals surface area contributed by atoms with E-state index in [2.05, 4.69) is 5.32 Å². The molecule has 0 spiro atoms. The van der Waals surface area contributed by atoms with Crippen LogP contribution in [0.25, 0.3) is 10.9 Å². The number of amides is 1. The van der Waals surface area contributed by atoms with Crippen LogP contribution in [0, 0.1) is 11.6 Å². The number of aromatic nitrogens is 1. The topological polar surface area (TPSA) is 80.6 Å². The molecular formula is C19H22F2N2O4S. The molecule has 1 aromatic heterocycles. The minimum Gasteiger partial charge on any atom is -0.491 e. The van der Waals surface area contributed by atoms with E-state index < -0.39 is 29.0 Å². The molecule has 2 aromatic rings. The summed E-state index contributed by atoms with van der Waals surface area (Å²) in [6, 6.07) is 0.296. The van der Waals surface area contributed by atoms with Crippen LogP contribution < -0.4 is 15.5 Å². The summed E-state index contributed by atoms with van der Waals surface area (Å²) in [6.07, 6.45) is 5.43. The normalized spacial score (nSPS) is 14.9. The van der Waals surface area contributed by atoms with Gasteiger partial charge < -0.3 is 19.7 Å². The number of methoxy groups -OCH3 is 1. The molecule has 28 heavy (non-hydrogen) atoms. The lowest BCUT2D eigenvalue weighted by molar-refractivity contribution is 0.0913. The van der Waals surface area contributed by atoms with Crippen molar-refractivity contribution in [3.63, 3.8) is 0 Å². The largest absolute Gasteiger partial charge is 0.491 e. The maximum atomic E-state index is 14.2. The molecule has 3 rings (SSSR count). The molecule has 6 nitrogen and oxygen atoms in total. The Morgan fingerprint density at radius 1 is 1.46 bits per heavy atom. The Bertz CT molecular complexity index is 959. The number of halogens is 2. The minimum absolute atomic E-state index is 0.0152. The molecule has 0 saturated heterocycles. The van der Waals surface area contributed by atoms with Gasteiger partial charge in [0.05, 0.1) is 30.7 Å². The van der Waals surface area contributed by atoms with E-state index in [0.717, 1.165) is 24.7 Å². The lowest BCUT2D eigenvalue weighted by Gasteiger charge is -2.18. The fourth-order valence-corrected chi connectivity index (χ4v) is 3.67. The first-order valence-corrected chi connectivity index (χ1v) is 10.3. The molecule has 1 aliphatic rings. The number of aliphatic hydroxyl groups excluding tert-OH is 1. The smallest absolute Gasteiger partial charge is 0.257 e. The number of carbonyl (C=O) groups is 1. The molecule has 1 aliphatic carbocycles. The summed E-state index contributed by atoms with van der Waals surface area (Å²) in [6.45, 7) is -0.260. The third kappa shape index (κ3) is 3.86. The molecule has 1 atom stereocenters. The highest BCUT2D eigenvalue weighted by Gasteiger charge is 2.30. The number of nitrogens with one attached hydrogen (secondary N) is 1. The van der Waals surface area contributed by atoms with E-state index in [1.807, 2.05) is 6.26 Å². The molecule has 152 valence electrons. The van der Waals surface area contributed by atoms with E-state index >= 15 is 0 Å². The number of carbonyl (C=O) groups excluding carboxylic acids is 1. The molecule has 0 aliphatic heterocycles. The lowest BCUT2D eigenvalue weighted by Crippen LogP contribution is -2.40. The summed E-state index contributed by atoms with van der Waals surface area (Å²) in [7, 11) is 1.21. The van der Waals surface area contributed by atoms with E-state index in [1.165, 1.54) is 13.3 Å². The summed E-state index contributed by atoms with van der Waals surface area (Å²) in [5.41, 5.74) is -0.732. The second-order valence-electron chi connectivity index (χ2n) is 6.75.